The first-order valence-electron chi connectivity index (χ1n) is 9.76. The van der Waals surface area contributed by atoms with E-state index in [1.165, 1.54) is 0 Å². The topological polar surface area (TPSA) is 72.7 Å². The van der Waals surface area contributed by atoms with Gasteiger partial charge >= 0.3 is 0 Å². The van der Waals surface area contributed by atoms with E-state index in [9.17, 15) is 4.79 Å². The first-order valence-corrected chi connectivity index (χ1v) is 9.76. The summed E-state index contributed by atoms with van der Waals surface area (Å²) in [6.07, 6.45) is 5.13. The second kappa shape index (κ2) is 8.38. The Balaban J connectivity index is 1.63. The second-order valence-electron chi connectivity index (χ2n) is 7.32. The number of carbonyl (C=O) groups is 1. The lowest BCUT2D eigenvalue weighted by molar-refractivity contribution is -0.0819. The highest BCUT2D eigenvalue weighted by molar-refractivity contribution is 5.95. The molecular formula is C20H27N5O3. The lowest BCUT2D eigenvalue weighted by Gasteiger charge is -2.43. The van der Waals surface area contributed by atoms with Crippen LogP contribution in [-0.2, 0) is 16.5 Å². The van der Waals surface area contributed by atoms with Crippen LogP contribution in [0.3, 0.4) is 0 Å². The van der Waals surface area contributed by atoms with Crippen molar-refractivity contribution in [1.82, 2.24) is 24.6 Å². The van der Waals surface area contributed by atoms with Crippen molar-refractivity contribution in [2.24, 2.45) is 7.05 Å². The van der Waals surface area contributed by atoms with Gasteiger partial charge in [-0.15, -0.1) is 0 Å². The number of hydrogen-bond donors (Lipinski definition) is 0. The molecule has 4 rings (SSSR count). The van der Waals surface area contributed by atoms with Crippen LogP contribution in [0.1, 0.15) is 27.7 Å². The van der Waals surface area contributed by atoms with Gasteiger partial charge in [0.2, 0.25) is 0 Å². The van der Waals surface area contributed by atoms with Crippen molar-refractivity contribution in [2.75, 3.05) is 46.0 Å². The van der Waals surface area contributed by atoms with Crippen molar-refractivity contribution >= 4 is 5.91 Å². The predicted octanol–water partition coefficient (Wildman–Crippen LogP) is 1.04. The lowest BCUT2D eigenvalue weighted by Crippen LogP contribution is -2.53. The van der Waals surface area contributed by atoms with Crippen molar-refractivity contribution in [2.45, 2.75) is 19.1 Å². The van der Waals surface area contributed by atoms with Crippen LogP contribution in [0.5, 0.6) is 0 Å². The maximum Gasteiger partial charge on any atom is 0.258 e. The van der Waals surface area contributed by atoms with E-state index in [-0.39, 0.29) is 18.1 Å². The Morgan fingerprint density at radius 1 is 1.21 bits per heavy atom. The molecule has 2 aromatic heterocycles. The van der Waals surface area contributed by atoms with Crippen LogP contribution in [0.2, 0.25) is 0 Å². The monoisotopic (exact) mass is 385 g/mol. The number of pyridine rings is 1. The third kappa shape index (κ3) is 3.80. The Hall–Kier alpha value is -2.29. The molecule has 0 aromatic carbocycles. The molecule has 0 unspecified atom stereocenters. The molecule has 28 heavy (non-hydrogen) atoms. The number of aromatic nitrogens is 3. The minimum absolute atomic E-state index is 0.00488. The molecular weight excluding hydrogens is 358 g/mol. The Labute approximate surface area is 165 Å². The zero-order valence-electron chi connectivity index (χ0n) is 16.5. The Bertz CT molecular complexity index is 803. The van der Waals surface area contributed by atoms with E-state index in [1.807, 2.05) is 37.2 Å². The van der Waals surface area contributed by atoms with Crippen molar-refractivity contribution in [1.29, 1.82) is 0 Å². The van der Waals surface area contributed by atoms with E-state index < -0.39 is 0 Å². The average molecular weight is 385 g/mol. The normalized spacial score (nSPS) is 23.7. The van der Waals surface area contributed by atoms with E-state index in [0.717, 1.165) is 44.1 Å². The van der Waals surface area contributed by atoms with E-state index in [0.29, 0.717) is 18.7 Å². The van der Waals surface area contributed by atoms with Crippen molar-refractivity contribution in [3.63, 3.8) is 0 Å². The van der Waals surface area contributed by atoms with Gasteiger partial charge in [0, 0.05) is 51.3 Å². The fraction of sp³-hybridized carbons (Fsp3) is 0.550. The second-order valence-corrected chi connectivity index (χ2v) is 7.32. The fourth-order valence-corrected chi connectivity index (χ4v) is 3.96. The number of rotatable bonds is 4. The molecule has 150 valence electrons. The molecule has 2 aromatic rings. The Morgan fingerprint density at radius 3 is 2.71 bits per heavy atom. The molecule has 0 N–H and O–H groups in total. The Morgan fingerprint density at radius 2 is 2.04 bits per heavy atom. The number of aryl methyl sites for hydroxylation is 1. The summed E-state index contributed by atoms with van der Waals surface area (Å²) in [5, 5.41) is 4.25. The van der Waals surface area contributed by atoms with E-state index >= 15 is 0 Å². The first-order chi connectivity index (χ1) is 13.6. The molecule has 8 nitrogen and oxygen atoms in total. The maximum atomic E-state index is 13.4. The van der Waals surface area contributed by atoms with Crippen LogP contribution in [0.15, 0.2) is 30.7 Å². The third-order valence-corrected chi connectivity index (χ3v) is 5.65. The number of morpholine rings is 2. The van der Waals surface area contributed by atoms with Gasteiger partial charge in [-0.2, -0.15) is 5.10 Å². The van der Waals surface area contributed by atoms with Gasteiger partial charge in [0.15, 0.2) is 0 Å². The molecule has 2 aliphatic rings. The number of nitrogens with zero attached hydrogens (tertiary/aromatic N) is 5. The van der Waals surface area contributed by atoms with E-state index in [4.69, 9.17) is 9.47 Å². The van der Waals surface area contributed by atoms with Gasteiger partial charge in [-0.1, -0.05) is 6.07 Å². The summed E-state index contributed by atoms with van der Waals surface area (Å²) >= 11 is 0. The van der Waals surface area contributed by atoms with Gasteiger partial charge in [-0.25, -0.2) is 0 Å². The van der Waals surface area contributed by atoms with Gasteiger partial charge in [0.25, 0.3) is 5.91 Å². The van der Waals surface area contributed by atoms with Crippen LogP contribution >= 0.6 is 0 Å². The molecule has 2 saturated heterocycles. The molecule has 2 fully saturated rings. The smallest absolute Gasteiger partial charge is 0.258 e. The van der Waals surface area contributed by atoms with Gasteiger partial charge in [-0.3, -0.25) is 19.4 Å². The number of carbonyl (C=O) groups excluding carboxylic acids is 1. The number of amides is 1. The SMILES string of the molecule is Cc1c(C(=O)N2CCO[C@@H](CN3CCOCC3)[C@@H]2c2cccnc2)cnn1C. The van der Waals surface area contributed by atoms with E-state index in [1.54, 1.807) is 17.1 Å². The lowest BCUT2D eigenvalue weighted by atomic mass is 9.97. The maximum absolute atomic E-state index is 13.4. The van der Waals surface area contributed by atoms with E-state index in [2.05, 4.69) is 15.0 Å². The standard InChI is InChI=1S/C20H27N5O3/c1-15-17(13-22-23(15)2)20(26)25-8-11-28-18(14-24-6-9-27-10-7-24)19(25)16-4-3-5-21-12-16/h3-5,12-13,18-19H,6-11,14H2,1-2H3/t18-,19-/m0/s1. The summed E-state index contributed by atoms with van der Waals surface area (Å²) in [4.78, 5) is 22.0. The van der Waals surface area contributed by atoms with Crippen LogP contribution in [0, 0.1) is 6.92 Å². The third-order valence-electron chi connectivity index (χ3n) is 5.65. The van der Waals surface area contributed by atoms with Gasteiger partial charge in [-0.05, 0) is 18.6 Å². The molecule has 1 amide bonds. The van der Waals surface area contributed by atoms with Crippen LogP contribution < -0.4 is 0 Å². The molecule has 0 spiro atoms. The van der Waals surface area contributed by atoms with Gasteiger partial charge in [0.05, 0.1) is 43.7 Å². The summed E-state index contributed by atoms with van der Waals surface area (Å²) in [6, 6.07) is 3.75. The molecule has 4 heterocycles. The largest absolute Gasteiger partial charge is 0.379 e. The minimum Gasteiger partial charge on any atom is -0.379 e. The highest BCUT2D eigenvalue weighted by Crippen LogP contribution is 2.31. The minimum atomic E-state index is -0.183. The molecule has 0 aliphatic carbocycles. The molecule has 0 radical (unpaired) electrons. The zero-order chi connectivity index (χ0) is 19.5. The van der Waals surface area contributed by atoms with Crippen molar-refractivity contribution in [3.8, 4) is 0 Å². The number of hydrogen-bond acceptors (Lipinski definition) is 6. The average Bonchev–Trinajstić information content (AvgIpc) is 3.07. The highest BCUT2D eigenvalue weighted by Gasteiger charge is 2.38. The quantitative estimate of drug-likeness (QED) is 0.783. The van der Waals surface area contributed by atoms with Gasteiger partial charge < -0.3 is 14.4 Å². The molecule has 0 saturated carbocycles. The molecule has 8 heteroatoms. The van der Waals surface area contributed by atoms with Crippen molar-refractivity contribution < 1.29 is 14.3 Å². The van der Waals surface area contributed by atoms with Crippen LogP contribution in [0.25, 0.3) is 0 Å². The highest BCUT2D eigenvalue weighted by atomic mass is 16.5. The summed E-state index contributed by atoms with van der Waals surface area (Å²) in [5.41, 5.74) is 2.50. The van der Waals surface area contributed by atoms with Crippen LogP contribution in [-0.4, -0.2) is 82.6 Å². The Kier molecular flexibility index (Phi) is 5.70. The van der Waals surface area contributed by atoms with Gasteiger partial charge in [0.1, 0.15) is 0 Å². The number of ether oxygens (including phenoxy) is 2. The molecule has 0 bridgehead atoms. The fourth-order valence-electron chi connectivity index (χ4n) is 3.96. The summed E-state index contributed by atoms with van der Waals surface area (Å²) in [5.74, 6) is -0.00488. The zero-order valence-corrected chi connectivity index (χ0v) is 16.5. The molecule has 2 aliphatic heterocycles. The van der Waals surface area contributed by atoms with Crippen molar-refractivity contribution in [3.05, 3.63) is 47.5 Å². The summed E-state index contributed by atoms with van der Waals surface area (Å²) in [7, 11) is 1.85. The predicted molar refractivity (Wildman–Crippen MR) is 103 cm³/mol. The van der Waals surface area contributed by atoms with Crippen LogP contribution in [0.4, 0.5) is 0 Å². The summed E-state index contributed by atoms with van der Waals surface area (Å²) < 4.78 is 13.4. The first kappa shape index (κ1) is 19.0. The summed E-state index contributed by atoms with van der Waals surface area (Å²) in [6.45, 7) is 7.00. The molecule has 2 atom stereocenters.